The molecule has 7 N–H and O–H groups in total. The van der Waals surface area contributed by atoms with Crippen molar-refractivity contribution in [2.75, 3.05) is 19.6 Å². The largest absolute Gasteiger partial charge is 0.480 e. The van der Waals surface area contributed by atoms with E-state index >= 15 is 0 Å². The van der Waals surface area contributed by atoms with Crippen LogP contribution in [0.25, 0.3) is 0 Å². The molecule has 0 saturated heterocycles. The quantitative estimate of drug-likeness (QED) is 0.0590. The molecule has 4 aliphatic carbocycles. The highest BCUT2D eigenvalue weighted by molar-refractivity contribution is 5.91. The molecule has 4 aliphatic rings. The van der Waals surface area contributed by atoms with Crippen molar-refractivity contribution < 1.29 is 19.5 Å². The van der Waals surface area contributed by atoms with E-state index in [2.05, 4.69) is 31.9 Å². The number of unbranched alkanes of at least 4 members (excludes halogenated alkanes) is 3. The minimum Gasteiger partial charge on any atom is -0.480 e. The van der Waals surface area contributed by atoms with Crippen LogP contribution in [0.1, 0.15) is 173 Å². The topological polar surface area (TPSA) is 144 Å². The summed E-state index contributed by atoms with van der Waals surface area (Å²) in [7, 11) is 0. The zero-order chi connectivity index (χ0) is 35.2. The minimum absolute atomic E-state index is 0.121. The molecule has 3 atom stereocenters. The number of hydrogen-bond donors (Lipinski definition) is 7. The predicted octanol–water partition coefficient (Wildman–Crippen LogP) is 5.83. The first-order valence-electron chi connectivity index (χ1n) is 21.3. The molecule has 4 saturated carbocycles. The second-order valence-corrected chi connectivity index (χ2v) is 16.2. The summed E-state index contributed by atoms with van der Waals surface area (Å²) in [4.78, 5) is 40.0. The van der Waals surface area contributed by atoms with E-state index in [1.807, 2.05) is 0 Å². The third-order valence-electron chi connectivity index (χ3n) is 12.0. The van der Waals surface area contributed by atoms with E-state index in [-0.39, 0.29) is 17.9 Å². The summed E-state index contributed by atoms with van der Waals surface area (Å²) in [6.07, 6.45) is 29.3. The highest BCUT2D eigenvalue weighted by atomic mass is 16.4. The van der Waals surface area contributed by atoms with Crippen molar-refractivity contribution in [2.24, 2.45) is 0 Å². The molecule has 0 spiro atoms. The van der Waals surface area contributed by atoms with E-state index in [1.54, 1.807) is 0 Å². The molecule has 4 rings (SSSR count). The Labute approximate surface area is 304 Å². The minimum atomic E-state index is -1.01. The highest BCUT2D eigenvalue weighted by Crippen LogP contribution is 2.21. The summed E-state index contributed by atoms with van der Waals surface area (Å²) in [5.41, 5.74) is 0. The number of carbonyl (C=O) groups excluding carboxylic acids is 2. The summed E-state index contributed by atoms with van der Waals surface area (Å²) in [5.74, 6) is -1.50. The zero-order valence-corrected chi connectivity index (χ0v) is 31.4. The first-order valence-corrected chi connectivity index (χ1v) is 21.3. The highest BCUT2D eigenvalue weighted by Gasteiger charge is 2.30. The lowest BCUT2D eigenvalue weighted by atomic mass is 9.94. The molecule has 0 aromatic heterocycles. The van der Waals surface area contributed by atoms with E-state index in [9.17, 15) is 19.5 Å². The molecule has 0 aromatic rings. The van der Waals surface area contributed by atoms with E-state index in [0.717, 1.165) is 77.4 Å². The van der Waals surface area contributed by atoms with Gasteiger partial charge in [0.1, 0.15) is 12.1 Å². The number of nitrogens with one attached hydrogen (secondary N) is 6. The fourth-order valence-electron chi connectivity index (χ4n) is 8.82. The maximum Gasteiger partial charge on any atom is 0.326 e. The molecule has 0 heterocycles. The van der Waals surface area contributed by atoms with Gasteiger partial charge in [-0.1, -0.05) is 70.6 Å². The summed E-state index contributed by atoms with van der Waals surface area (Å²) in [6.45, 7) is 2.76. The summed E-state index contributed by atoms with van der Waals surface area (Å²) < 4.78 is 0. The average molecular weight is 703 g/mol. The molecule has 288 valence electrons. The Morgan fingerprint density at radius 1 is 0.440 bits per heavy atom. The van der Waals surface area contributed by atoms with Crippen LogP contribution in [0.5, 0.6) is 0 Å². The summed E-state index contributed by atoms with van der Waals surface area (Å²) >= 11 is 0. The third-order valence-corrected chi connectivity index (χ3v) is 12.0. The average Bonchev–Trinajstić information content (AvgIpc) is 3.85. The Hall–Kier alpha value is -1.75. The number of carbonyl (C=O) groups is 3. The molecular formula is C40H74N6O4. The molecule has 2 amide bonds. The molecule has 0 bridgehead atoms. The number of carboxylic acids is 1. The second kappa shape index (κ2) is 24.5. The molecule has 10 heteroatoms. The lowest BCUT2D eigenvalue weighted by Gasteiger charge is -2.29. The normalized spacial score (nSPS) is 21.6. The van der Waals surface area contributed by atoms with E-state index < -0.39 is 18.1 Å². The zero-order valence-electron chi connectivity index (χ0n) is 31.4. The van der Waals surface area contributed by atoms with E-state index in [0.29, 0.717) is 37.0 Å². The van der Waals surface area contributed by atoms with Crippen LogP contribution in [0.15, 0.2) is 0 Å². The van der Waals surface area contributed by atoms with E-state index in [4.69, 9.17) is 0 Å². The van der Waals surface area contributed by atoms with Crippen molar-refractivity contribution in [3.05, 3.63) is 0 Å². The standard InChI is InChI=1S/C40H74N6O4/c47-38(35(44-34-23-5-2-6-24-34)25-11-14-28-42-32-19-7-8-20-32)45-36(26-12-15-29-41-31-17-3-1-4-18-31)39(48)46-37(40(49)50)27-13-16-30-43-33-21-9-10-22-33/h31-37,41-44H,1-30H2,(H,45,47)(H,46,48)(H,49,50). The number of aliphatic carboxylic acids is 1. The van der Waals surface area contributed by atoms with Crippen LogP contribution in [0.2, 0.25) is 0 Å². The van der Waals surface area contributed by atoms with Gasteiger partial charge in [-0.05, 0) is 122 Å². The van der Waals surface area contributed by atoms with Gasteiger partial charge in [0.05, 0.1) is 6.04 Å². The number of carboxylic acid groups (broad SMARTS) is 1. The van der Waals surface area contributed by atoms with Gasteiger partial charge in [0.25, 0.3) is 0 Å². The Morgan fingerprint density at radius 3 is 1.22 bits per heavy atom. The molecule has 4 fully saturated rings. The second-order valence-electron chi connectivity index (χ2n) is 16.2. The van der Waals surface area contributed by atoms with Gasteiger partial charge >= 0.3 is 5.97 Å². The van der Waals surface area contributed by atoms with Crippen LogP contribution < -0.4 is 31.9 Å². The first kappa shape index (κ1) is 41.0. The summed E-state index contributed by atoms with van der Waals surface area (Å²) in [5, 5.41) is 30.7. The van der Waals surface area contributed by atoms with Crippen LogP contribution in [0, 0.1) is 0 Å². The lowest BCUT2D eigenvalue weighted by molar-refractivity contribution is -0.142. The predicted molar refractivity (Wildman–Crippen MR) is 202 cm³/mol. The van der Waals surface area contributed by atoms with Gasteiger partial charge in [0, 0.05) is 24.2 Å². The number of amides is 2. The molecule has 10 nitrogen and oxygen atoms in total. The summed E-state index contributed by atoms with van der Waals surface area (Å²) in [6, 6.07) is 0.108. The van der Waals surface area contributed by atoms with Crippen molar-refractivity contribution in [1.29, 1.82) is 0 Å². The van der Waals surface area contributed by atoms with Gasteiger partial charge < -0.3 is 37.0 Å². The van der Waals surface area contributed by atoms with Crippen LogP contribution in [-0.4, -0.2) is 84.8 Å². The van der Waals surface area contributed by atoms with Crippen molar-refractivity contribution >= 4 is 17.8 Å². The molecular weight excluding hydrogens is 628 g/mol. The molecule has 3 unspecified atom stereocenters. The maximum atomic E-state index is 14.0. The third kappa shape index (κ3) is 16.3. The van der Waals surface area contributed by atoms with Gasteiger partial charge in [-0.15, -0.1) is 0 Å². The number of rotatable bonds is 25. The fourth-order valence-corrected chi connectivity index (χ4v) is 8.82. The van der Waals surface area contributed by atoms with Gasteiger partial charge in [0.15, 0.2) is 0 Å². The monoisotopic (exact) mass is 703 g/mol. The first-order chi connectivity index (χ1) is 24.5. The van der Waals surface area contributed by atoms with Crippen molar-refractivity contribution in [2.45, 2.75) is 216 Å². The van der Waals surface area contributed by atoms with Crippen LogP contribution in [0.4, 0.5) is 0 Å². The number of hydrogen-bond acceptors (Lipinski definition) is 7. The molecule has 0 radical (unpaired) electrons. The van der Waals surface area contributed by atoms with Crippen molar-refractivity contribution in [3.63, 3.8) is 0 Å². The Bertz CT molecular complexity index is 944. The maximum absolute atomic E-state index is 14.0. The molecule has 0 aliphatic heterocycles. The van der Waals surface area contributed by atoms with Crippen LogP contribution >= 0.6 is 0 Å². The SMILES string of the molecule is O=C(O)C(CCCCNC1CCCC1)NC(=O)C(CCCCNC1CCCCC1)NC(=O)C(CCCCNC1CCCC1)NC1CCCCC1. The van der Waals surface area contributed by atoms with Gasteiger partial charge in [-0.25, -0.2) is 4.79 Å². The van der Waals surface area contributed by atoms with Gasteiger partial charge in [-0.2, -0.15) is 0 Å². The van der Waals surface area contributed by atoms with Crippen molar-refractivity contribution in [3.8, 4) is 0 Å². The van der Waals surface area contributed by atoms with Crippen LogP contribution in [0.3, 0.4) is 0 Å². The van der Waals surface area contributed by atoms with Gasteiger partial charge in [0.2, 0.25) is 11.8 Å². The van der Waals surface area contributed by atoms with Crippen LogP contribution in [-0.2, 0) is 14.4 Å². The fraction of sp³-hybridized carbons (Fsp3) is 0.925. The Morgan fingerprint density at radius 2 is 0.780 bits per heavy atom. The van der Waals surface area contributed by atoms with Crippen molar-refractivity contribution in [1.82, 2.24) is 31.9 Å². The van der Waals surface area contributed by atoms with Gasteiger partial charge in [-0.3, -0.25) is 9.59 Å². The lowest BCUT2D eigenvalue weighted by Crippen LogP contribution is -2.56. The smallest absolute Gasteiger partial charge is 0.326 e. The molecule has 50 heavy (non-hydrogen) atoms. The van der Waals surface area contributed by atoms with E-state index in [1.165, 1.54) is 103 Å². The molecule has 0 aromatic carbocycles. The Balaban J connectivity index is 1.30. The Kier molecular flexibility index (Phi) is 20.1.